The van der Waals surface area contributed by atoms with E-state index in [1.807, 2.05) is 4.57 Å². The van der Waals surface area contributed by atoms with Crippen LogP contribution in [0.25, 0.3) is 11.2 Å². The van der Waals surface area contributed by atoms with E-state index in [4.69, 9.17) is 34.3 Å². The molecule has 42 heavy (non-hydrogen) atoms. The summed E-state index contributed by atoms with van der Waals surface area (Å²) in [6.45, 7) is -4.21. The minimum absolute atomic E-state index is 0.0154. The van der Waals surface area contributed by atoms with Crippen molar-refractivity contribution < 1.29 is 41.9 Å². The topological polar surface area (TPSA) is 226 Å². The third-order valence-corrected chi connectivity index (χ3v) is 12.6. The number of primary amides is 1. The summed E-state index contributed by atoms with van der Waals surface area (Å²) in [5.41, 5.74) is 12.6. The molecule has 2 aliphatic heterocycles. The number of fused-ring (bicyclic) bond motifs is 4. The highest BCUT2D eigenvalue weighted by Crippen LogP contribution is 2.64. The van der Waals surface area contributed by atoms with Gasteiger partial charge in [0.2, 0.25) is 0 Å². The zero-order valence-corrected chi connectivity index (χ0v) is 25.1. The van der Waals surface area contributed by atoms with Crippen LogP contribution in [-0.2, 0) is 32.0 Å². The Morgan fingerprint density at radius 1 is 1.21 bits per heavy atom. The number of nitrogens with zero attached hydrogens (tertiary/aromatic N) is 5. The van der Waals surface area contributed by atoms with Gasteiger partial charge in [-0.3, -0.25) is 18.8 Å². The van der Waals surface area contributed by atoms with E-state index >= 15 is 0 Å². The molecule has 2 saturated heterocycles. The Labute approximate surface area is 248 Å². The monoisotopic (exact) mass is 658 g/mol. The van der Waals surface area contributed by atoms with Gasteiger partial charge in [0.1, 0.15) is 42.5 Å². The number of thiol groups is 1. The van der Waals surface area contributed by atoms with Crippen LogP contribution in [0, 0.1) is 11.8 Å². The Morgan fingerprint density at radius 2 is 2.02 bits per heavy atom. The van der Waals surface area contributed by atoms with Gasteiger partial charge in [-0.05, 0) is 30.0 Å². The van der Waals surface area contributed by atoms with Crippen LogP contribution in [0.15, 0.2) is 31.0 Å². The van der Waals surface area contributed by atoms with Crippen molar-refractivity contribution in [3.8, 4) is 0 Å². The summed E-state index contributed by atoms with van der Waals surface area (Å²) >= 11 is 4.12. The van der Waals surface area contributed by atoms with E-state index < -0.39 is 45.4 Å². The van der Waals surface area contributed by atoms with Gasteiger partial charge in [-0.1, -0.05) is 11.7 Å². The Hall–Kier alpha value is -2.24. The van der Waals surface area contributed by atoms with Crippen molar-refractivity contribution in [2.24, 2.45) is 17.6 Å². The van der Waals surface area contributed by atoms with Gasteiger partial charge in [-0.15, -0.1) is 9.05 Å². The molecule has 0 spiro atoms. The molecular weight excluding hydrogens is 632 g/mol. The zero-order chi connectivity index (χ0) is 29.6. The summed E-state index contributed by atoms with van der Waals surface area (Å²) in [5, 5.41) is 11.0. The fraction of sp³-hybridized carbons (Fsp3) is 0.500. The maximum Gasteiger partial charge on any atom is 0.697 e. The zero-order valence-electron chi connectivity index (χ0n) is 21.6. The van der Waals surface area contributed by atoms with Crippen LogP contribution in [0.1, 0.15) is 34.6 Å². The molecule has 9 atom stereocenters. The first-order valence-corrected chi connectivity index (χ1v) is 17.8. The van der Waals surface area contributed by atoms with Crippen LogP contribution in [0.4, 0.5) is 5.82 Å². The number of aromatic nitrogens is 5. The summed E-state index contributed by atoms with van der Waals surface area (Å²) < 4.78 is 57.0. The molecule has 1 amide bonds. The number of pyridine rings is 1. The first kappa shape index (κ1) is 29.8. The molecule has 1 aliphatic carbocycles. The van der Waals surface area contributed by atoms with Crippen LogP contribution in [0.3, 0.4) is 0 Å². The number of hydrogen-bond donors (Lipinski definition) is 4. The molecule has 5 heterocycles. The third-order valence-electron chi connectivity index (χ3n) is 7.61. The average molecular weight is 659 g/mol. The fourth-order valence-corrected chi connectivity index (χ4v) is 8.54. The second-order valence-corrected chi connectivity index (χ2v) is 15.7. The number of nitrogens with two attached hydrogens (primary N) is 2. The quantitative estimate of drug-likeness (QED) is 0.179. The Morgan fingerprint density at radius 3 is 2.81 bits per heavy atom. The molecule has 3 unspecified atom stereocenters. The molecule has 20 heteroatoms. The first-order valence-electron chi connectivity index (χ1n) is 12.7. The third kappa shape index (κ3) is 5.68. The number of rotatable bonds is 4. The van der Waals surface area contributed by atoms with E-state index in [0.29, 0.717) is 33.6 Å². The molecule has 2 bridgehead atoms. The highest BCUT2D eigenvalue weighted by atomic mass is 33.3. The molecule has 5 N–H and O–H groups in total. The standard InChI is InChI=1S/C22H25N7O9P2S2/c23-20-16-22(27-8-26-20)29(9-28-16)14-4-11-5-34-39(32)38-19-17(30)15(7-36-40(33,42-41)35-6-12(11)14)37-18(19)10-1-2-25-13(3-10)21(24)31/h1-3,8-9,11-12,14-15,17-19,30H,4-7H2,(H4-,23,24,26,27,31,41)/p+1/t11-,12-,14-,15-,17-,18+,19?,40?/m1/s1. The maximum atomic E-state index is 13.5. The normalized spacial score (nSPS) is 34.8. The smallest absolute Gasteiger partial charge is 0.387 e. The van der Waals surface area contributed by atoms with Crippen molar-refractivity contribution in [3.63, 3.8) is 0 Å². The van der Waals surface area contributed by atoms with Crippen LogP contribution in [0.5, 0.6) is 0 Å². The number of ether oxygens (including phenoxy) is 1. The van der Waals surface area contributed by atoms with Gasteiger partial charge >= 0.3 is 15.1 Å². The highest BCUT2D eigenvalue weighted by Gasteiger charge is 2.53. The molecule has 16 nitrogen and oxygen atoms in total. The van der Waals surface area contributed by atoms with E-state index in [1.54, 1.807) is 12.4 Å². The minimum atomic E-state index is -3.83. The molecule has 1 saturated carbocycles. The van der Waals surface area contributed by atoms with Crippen molar-refractivity contribution in [3.05, 3.63) is 42.2 Å². The molecular formula is C22H26N7O9P2S2+. The number of aliphatic hydroxyl groups is 1. The predicted molar refractivity (Wildman–Crippen MR) is 151 cm³/mol. The lowest BCUT2D eigenvalue weighted by atomic mass is 9.70. The summed E-state index contributed by atoms with van der Waals surface area (Å²) in [5.74, 6) is -0.967. The van der Waals surface area contributed by atoms with Gasteiger partial charge < -0.3 is 25.9 Å². The highest BCUT2D eigenvalue weighted by molar-refractivity contribution is 8.93. The average Bonchev–Trinajstić information content (AvgIpc) is 3.53. The number of amides is 1. The van der Waals surface area contributed by atoms with Crippen LogP contribution >= 0.6 is 37.1 Å². The summed E-state index contributed by atoms with van der Waals surface area (Å²) in [6, 6.07) is 2.75. The second kappa shape index (κ2) is 12.0. The Kier molecular flexibility index (Phi) is 8.54. The molecule has 6 rings (SSSR count). The lowest BCUT2D eigenvalue weighted by Gasteiger charge is -2.44. The molecule has 0 radical (unpaired) electrons. The van der Waals surface area contributed by atoms with Crippen molar-refractivity contribution in [2.75, 3.05) is 25.6 Å². The van der Waals surface area contributed by atoms with E-state index in [-0.39, 0.29) is 49.2 Å². The van der Waals surface area contributed by atoms with Crippen molar-refractivity contribution in [1.82, 2.24) is 24.5 Å². The molecule has 3 aromatic rings. The lowest BCUT2D eigenvalue weighted by molar-refractivity contribution is -0.0238. The fourth-order valence-electron chi connectivity index (χ4n) is 5.38. The summed E-state index contributed by atoms with van der Waals surface area (Å²) in [4.78, 5) is 28.2. The van der Waals surface area contributed by atoms with E-state index in [2.05, 4.69) is 31.6 Å². The molecule has 3 aliphatic rings. The second-order valence-electron chi connectivity index (χ2n) is 9.94. The molecule has 3 aromatic heterocycles. The number of carbonyl (C=O) groups is 1. The van der Waals surface area contributed by atoms with E-state index in [0.717, 1.165) is 0 Å². The van der Waals surface area contributed by atoms with Gasteiger partial charge in [0.05, 0.1) is 19.5 Å². The van der Waals surface area contributed by atoms with Crippen molar-refractivity contribution in [2.45, 2.75) is 36.9 Å². The van der Waals surface area contributed by atoms with Crippen molar-refractivity contribution >= 4 is 60.0 Å². The number of aliphatic hydroxyl groups excluding tert-OH is 1. The van der Waals surface area contributed by atoms with E-state index in [9.17, 15) is 19.0 Å². The van der Waals surface area contributed by atoms with Crippen LogP contribution in [0.2, 0.25) is 0 Å². The number of nitrogen functional groups attached to an aromatic ring is 1. The number of hydrogen-bond acceptors (Lipinski definition) is 16. The van der Waals surface area contributed by atoms with E-state index in [1.165, 1.54) is 18.6 Å². The van der Waals surface area contributed by atoms with Crippen molar-refractivity contribution in [1.29, 1.82) is 0 Å². The predicted octanol–water partition coefficient (Wildman–Crippen LogP) is 2.37. The number of imidazole rings is 1. The lowest BCUT2D eigenvalue weighted by Crippen LogP contribution is -2.43. The molecule has 0 aromatic carbocycles. The molecule has 224 valence electrons. The number of carbonyl (C=O) groups excluding carboxylic acids is 1. The molecule has 3 fully saturated rings. The number of anilines is 1. The SMILES string of the molecule is NC(=O)c1cc([C@@H]2O[C@@H]3COP(=O)(SS)OC[C@@H]4[C@@H](CO[P+](=O)OC2[C@@H]3O)C[C@H]4n2cnc3c(N)ncnc32)ccn1. The van der Waals surface area contributed by atoms with Crippen LogP contribution in [-0.4, -0.2) is 73.6 Å². The van der Waals surface area contributed by atoms with Gasteiger partial charge in [0, 0.05) is 33.1 Å². The minimum Gasteiger partial charge on any atom is -0.387 e. The van der Waals surface area contributed by atoms with Crippen LogP contribution < -0.4 is 11.5 Å². The summed E-state index contributed by atoms with van der Waals surface area (Å²) in [6.07, 6.45) is 0.240. The van der Waals surface area contributed by atoms with Gasteiger partial charge in [0.25, 0.3) is 5.91 Å². The first-order chi connectivity index (χ1) is 20.2. The van der Waals surface area contributed by atoms with Gasteiger partial charge in [-0.2, -0.15) is 0 Å². The maximum absolute atomic E-state index is 13.5. The Balaban J connectivity index is 1.26. The van der Waals surface area contributed by atoms with Gasteiger partial charge in [0.15, 0.2) is 17.6 Å². The largest absolute Gasteiger partial charge is 0.697 e. The Bertz CT molecular complexity index is 1570. The summed E-state index contributed by atoms with van der Waals surface area (Å²) in [7, 11) is -2.10. The van der Waals surface area contributed by atoms with Gasteiger partial charge in [-0.25, -0.2) is 19.5 Å².